The van der Waals surface area contributed by atoms with Crippen LogP contribution < -0.4 is 4.90 Å². The summed E-state index contributed by atoms with van der Waals surface area (Å²) >= 11 is 0. The smallest absolute Gasteiger partial charge is 0.159 e. The molecule has 0 aliphatic carbocycles. The molecule has 0 fully saturated rings. The van der Waals surface area contributed by atoms with Crippen molar-refractivity contribution >= 4 is 39.0 Å². The van der Waals surface area contributed by atoms with E-state index in [9.17, 15) is 0 Å². The van der Waals surface area contributed by atoms with Crippen molar-refractivity contribution in [2.24, 2.45) is 0 Å². The molecule has 0 bridgehead atoms. The second-order valence-corrected chi connectivity index (χ2v) is 14.1. The first-order valence-electron chi connectivity index (χ1n) is 19.1. The number of anilines is 3. The number of hydrogen-bond donors (Lipinski definition) is 0. The van der Waals surface area contributed by atoms with Crippen LogP contribution in [0.2, 0.25) is 0 Å². The van der Waals surface area contributed by atoms with Gasteiger partial charge in [0.2, 0.25) is 0 Å². The van der Waals surface area contributed by atoms with Gasteiger partial charge in [-0.3, -0.25) is 0 Å². The first-order valence-corrected chi connectivity index (χ1v) is 19.1. The van der Waals surface area contributed by atoms with Crippen molar-refractivity contribution in [1.29, 1.82) is 0 Å². The first kappa shape index (κ1) is 33.2. The van der Waals surface area contributed by atoms with Crippen molar-refractivity contribution in [3.05, 3.63) is 224 Å². The average Bonchev–Trinajstić information content (AvgIpc) is 3.67. The Balaban J connectivity index is 1.20. The summed E-state index contributed by atoms with van der Waals surface area (Å²) in [6.07, 6.45) is 0. The Morgan fingerprint density at radius 1 is 0.286 bits per heavy atom. The van der Waals surface area contributed by atoms with Crippen LogP contribution in [0.15, 0.2) is 229 Å². The molecule has 2 heteroatoms. The van der Waals surface area contributed by atoms with Gasteiger partial charge in [-0.05, 0) is 86.5 Å². The molecular weight excluding hydrogens is 679 g/mol. The number of benzene rings is 9. The van der Waals surface area contributed by atoms with Gasteiger partial charge in [0.05, 0.1) is 11.4 Å². The molecule has 264 valence electrons. The lowest BCUT2D eigenvalue weighted by Crippen LogP contribution is -2.11. The van der Waals surface area contributed by atoms with Crippen molar-refractivity contribution in [3.63, 3.8) is 0 Å². The third kappa shape index (κ3) is 6.04. The van der Waals surface area contributed by atoms with Crippen LogP contribution in [0.4, 0.5) is 17.1 Å². The van der Waals surface area contributed by atoms with Gasteiger partial charge in [0, 0.05) is 22.0 Å². The first-order chi connectivity index (χ1) is 27.8. The van der Waals surface area contributed by atoms with Crippen molar-refractivity contribution in [2.75, 3.05) is 4.90 Å². The number of rotatable bonds is 8. The molecule has 1 aromatic heterocycles. The third-order valence-electron chi connectivity index (χ3n) is 10.7. The van der Waals surface area contributed by atoms with Gasteiger partial charge < -0.3 is 9.32 Å². The predicted octanol–water partition coefficient (Wildman–Crippen LogP) is 15.4. The standard InChI is InChI=1S/C54H37NO/c1-4-17-38(18-5-1)40-31-34-43(35-32-40)55(52-29-16-27-49-48-26-13-15-30-53(48)56-54(49)52)51-28-14-12-25-47(51)45-23-10-11-24-46(45)50-37-42(39-19-6-2-7-20-39)33-36-44(50)41-21-8-3-9-22-41/h1-37H. The van der Waals surface area contributed by atoms with E-state index in [0.29, 0.717) is 0 Å². The van der Waals surface area contributed by atoms with Crippen molar-refractivity contribution in [1.82, 2.24) is 0 Å². The minimum atomic E-state index is 0.853. The number of para-hydroxylation sites is 3. The van der Waals surface area contributed by atoms with Crippen LogP contribution in [0.5, 0.6) is 0 Å². The summed E-state index contributed by atoms with van der Waals surface area (Å²) in [5.74, 6) is 0. The molecule has 10 rings (SSSR count). The van der Waals surface area contributed by atoms with Crippen molar-refractivity contribution in [2.45, 2.75) is 0 Å². The summed E-state index contributed by atoms with van der Waals surface area (Å²) < 4.78 is 6.72. The lowest BCUT2D eigenvalue weighted by Gasteiger charge is -2.28. The minimum absolute atomic E-state index is 0.853. The van der Waals surface area contributed by atoms with Crippen LogP contribution in [0.3, 0.4) is 0 Å². The molecule has 9 aromatic carbocycles. The molecular formula is C54H37NO. The van der Waals surface area contributed by atoms with Crippen LogP contribution in [0.25, 0.3) is 77.6 Å². The Labute approximate surface area is 327 Å². The van der Waals surface area contributed by atoms with E-state index in [-0.39, 0.29) is 0 Å². The highest BCUT2D eigenvalue weighted by Crippen LogP contribution is 2.48. The molecule has 0 aliphatic heterocycles. The Morgan fingerprint density at radius 2 is 0.786 bits per heavy atom. The topological polar surface area (TPSA) is 16.4 Å². The maximum absolute atomic E-state index is 6.72. The summed E-state index contributed by atoms with van der Waals surface area (Å²) in [6.45, 7) is 0. The molecule has 0 atom stereocenters. The average molecular weight is 716 g/mol. The van der Waals surface area contributed by atoms with Gasteiger partial charge in [0.15, 0.2) is 5.58 Å². The molecule has 0 spiro atoms. The Hall–Kier alpha value is -7.42. The maximum atomic E-state index is 6.72. The Bertz CT molecular complexity index is 2950. The molecule has 0 N–H and O–H groups in total. The van der Waals surface area contributed by atoms with Gasteiger partial charge in [-0.15, -0.1) is 0 Å². The Morgan fingerprint density at radius 3 is 1.50 bits per heavy atom. The van der Waals surface area contributed by atoms with Gasteiger partial charge in [-0.1, -0.05) is 188 Å². The van der Waals surface area contributed by atoms with E-state index >= 15 is 0 Å². The molecule has 56 heavy (non-hydrogen) atoms. The van der Waals surface area contributed by atoms with Gasteiger partial charge in [0.25, 0.3) is 0 Å². The van der Waals surface area contributed by atoms with E-state index in [1.807, 2.05) is 6.07 Å². The van der Waals surface area contributed by atoms with Crippen molar-refractivity contribution < 1.29 is 4.42 Å². The molecule has 0 amide bonds. The van der Waals surface area contributed by atoms with Gasteiger partial charge in [-0.25, -0.2) is 0 Å². The maximum Gasteiger partial charge on any atom is 0.159 e. The normalized spacial score (nSPS) is 11.2. The zero-order chi connectivity index (χ0) is 37.3. The van der Waals surface area contributed by atoms with E-state index in [0.717, 1.165) is 55.7 Å². The second-order valence-electron chi connectivity index (χ2n) is 14.1. The van der Waals surface area contributed by atoms with E-state index in [1.165, 1.54) is 38.9 Å². The zero-order valence-electron chi connectivity index (χ0n) is 30.7. The molecule has 0 saturated carbocycles. The fourth-order valence-electron chi connectivity index (χ4n) is 8.05. The van der Waals surface area contributed by atoms with E-state index in [4.69, 9.17) is 4.42 Å². The molecule has 1 heterocycles. The van der Waals surface area contributed by atoms with E-state index in [2.05, 4.69) is 223 Å². The summed E-state index contributed by atoms with van der Waals surface area (Å²) in [7, 11) is 0. The summed E-state index contributed by atoms with van der Waals surface area (Å²) in [4.78, 5) is 2.37. The molecule has 2 nitrogen and oxygen atoms in total. The minimum Gasteiger partial charge on any atom is -0.454 e. The predicted molar refractivity (Wildman–Crippen MR) is 236 cm³/mol. The highest BCUT2D eigenvalue weighted by atomic mass is 16.3. The Kier molecular flexibility index (Phi) is 8.55. The molecule has 0 unspecified atom stereocenters. The SMILES string of the molecule is c1ccc(-c2ccc(N(c3ccccc3-c3ccccc3-c3cc(-c4ccccc4)ccc3-c3ccccc3)c3cccc4c3oc3ccccc34)cc2)cc1. The van der Waals surface area contributed by atoms with Crippen LogP contribution >= 0.6 is 0 Å². The van der Waals surface area contributed by atoms with Crippen LogP contribution in [-0.2, 0) is 0 Å². The third-order valence-corrected chi connectivity index (χ3v) is 10.7. The fourth-order valence-corrected chi connectivity index (χ4v) is 8.05. The quantitative estimate of drug-likeness (QED) is 0.156. The largest absolute Gasteiger partial charge is 0.454 e. The lowest BCUT2D eigenvalue weighted by atomic mass is 9.87. The second kappa shape index (κ2) is 14.4. The molecule has 0 saturated heterocycles. The molecule has 0 aliphatic rings. The summed E-state index contributed by atoms with van der Waals surface area (Å²) in [5, 5.41) is 2.20. The zero-order valence-corrected chi connectivity index (χ0v) is 30.7. The van der Waals surface area contributed by atoms with E-state index < -0.39 is 0 Å². The summed E-state index contributed by atoms with van der Waals surface area (Å²) in [5.41, 5.74) is 16.5. The monoisotopic (exact) mass is 715 g/mol. The molecule has 10 aromatic rings. The number of hydrogen-bond acceptors (Lipinski definition) is 2. The van der Waals surface area contributed by atoms with Gasteiger partial charge in [0.1, 0.15) is 5.58 Å². The van der Waals surface area contributed by atoms with Crippen LogP contribution in [0, 0.1) is 0 Å². The number of nitrogens with zero attached hydrogens (tertiary/aromatic N) is 1. The summed E-state index contributed by atoms with van der Waals surface area (Å²) in [6, 6.07) is 80.0. The van der Waals surface area contributed by atoms with Gasteiger partial charge in [-0.2, -0.15) is 0 Å². The van der Waals surface area contributed by atoms with Crippen LogP contribution in [-0.4, -0.2) is 0 Å². The van der Waals surface area contributed by atoms with E-state index in [1.54, 1.807) is 0 Å². The number of furan rings is 1. The highest BCUT2D eigenvalue weighted by molar-refractivity contribution is 6.11. The number of fused-ring (bicyclic) bond motifs is 3. The fraction of sp³-hybridized carbons (Fsp3) is 0. The van der Waals surface area contributed by atoms with Crippen molar-refractivity contribution in [3.8, 4) is 55.6 Å². The van der Waals surface area contributed by atoms with Crippen LogP contribution in [0.1, 0.15) is 0 Å². The lowest BCUT2D eigenvalue weighted by molar-refractivity contribution is 0.669. The molecule has 0 radical (unpaired) electrons. The highest BCUT2D eigenvalue weighted by Gasteiger charge is 2.23. The van der Waals surface area contributed by atoms with Gasteiger partial charge >= 0.3 is 0 Å².